The lowest BCUT2D eigenvalue weighted by Crippen LogP contribution is -2.60. The molecule has 3 heteroatoms. The third kappa shape index (κ3) is 2.59. The van der Waals surface area contributed by atoms with E-state index >= 15 is 0 Å². The number of hydrogen-bond donors (Lipinski definition) is 1. The van der Waals surface area contributed by atoms with Crippen LogP contribution in [0.3, 0.4) is 0 Å². The van der Waals surface area contributed by atoms with Crippen molar-refractivity contribution < 1.29 is 4.74 Å². The Kier molecular flexibility index (Phi) is 4.35. The van der Waals surface area contributed by atoms with Crippen molar-refractivity contribution >= 4 is 0 Å². The summed E-state index contributed by atoms with van der Waals surface area (Å²) in [5.74, 6) is 0. The van der Waals surface area contributed by atoms with Crippen molar-refractivity contribution in [1.29, 1.82) is 0 Å². The van der Waals surface area contributed by atoms with Gasteiger partial charge in [-0.15, -0.1) is 0 Å². The summed E-state index contributed by atoms with van der Waals surface area (Å²) in [6.45, 7) is 10.9. The van der Waals surface area contributed by atoms with Crippen LogP contribution < -0.4 is 5.73 Å². The van der Waals surface area contributed by atoms with Crippen molar-refractivity contribution in [2.45, 2.75) is 64.5 Å². The second-order valence-electron chi connectivity index (χ2n) is 6.62. The minimum atomic E-state index is 0.168. The summed E-state index contributed by atoms with van der Waals surface area (Å²) in [4.78, 5) is 2.61. The van der Waals surface area contributed by atoms with E-state index in [4.69, 9.17) is 10.5 Å². The van der Waals surface area contributed by atoms with Gasteiger partial charge in [-0.2, -0.15) is 0 Å². The van der Waals surface area contributed by atoms with Crippen LogP contribution >= 0.6 is 0 Å². The van der Waals surface area contributed by atoms with E-state index in [-0.39, 0.29) is 5.54 Å². The molecular weight excluding hydrogens is 224 g/mol. The zero-order valence-corrected chi connectivity index (χ0v) is 12.4. The molecule has 1 saturated carbocycles. The maximum atomic E-state index is 6.13. The van der Waals surface area contributed by atoms with Crippen LogP contribution in [0.25, 0.3) is 0 Å². The molecule has 2 rings (SSSR count). The predicted octanol–water partition coefficient (Wildman–Crippen LogP) is 2.39. The molecule has 2 aliphatic rings. The fourth-order valence-electron chi connectivity index (χ4n) is 3.29. The van der Waals surface area contributed by atoms with Crippen LogP contribution in [0.1, 0.15) is 52.9 Å². The average Bonchev–Trinajstić information content (AvgIpc) is 3.15. The van der Waals surface area contributed by atoms with Crippen LogP contribution in [0.5, 0.6) is 0 Å². The first kappa shape index (κ1) is 14.3. The van der Waals surface area contributed by atoms with Gasteiger partial charge in [0.2, 0.25) is 0 Å². The van der Waals surface area contributed by atoms with Gasteiger partial charge in [0, 0.05) is 25.2 Å². The fraction of sp³-hybridized carbons (Fsp3) is 1.00. The Morgan fingerprint density at radius 3 is 2.72 bits per heavy atom. The molecule has 0 amide bonds. The Morgan fingerprint density at radius 1 is 1.44 bits per heavy atom. The van der Waals surface area contributed by atoms with Gasteiger partial charge in [-0.05, 0) is 51.0 Å². The summed E-state index contributed by atoms with van der Waals surface area (Å²) in [6.07, 6.45) is 6.66. The lowest BCUT2D eigenvalue weighted by atomic mass is 9.80. The molecule has 2 atom stereocenters. The van der Waals surface area contributed by atoms with E-state index in [0.717, 1.165) is 26.1 Å². The van der Waals surface area contributed by atoms with Crippen LogP contribution in [0, 0.1) is 5.41 Å². The van der Waals surface area contributed by atoms with Gasteiger partial charge in [-0.25, -0.2) is 0 Å². The highest BCUT2D eigenvalue weighted by atomic mass is 16.5. The van der Waals surface area contributed by atoms with Gasteiger partial charge < -0.3 is 10.5 Å². The Balaban J connectivity index is 1.98. The van der Waals surface area contributed by atoms with E-state index in [1.165, 1.54) is 32.2 Å². The number of nitrogens with zero attached hydrogens (tertiary/aromatic N) is 1. The highest BCUT2D eigenvalue weighted by Crippen LogP contribution is 2.55. The van der Waals surface area contributed by atoms with E-state index < -0.39 is 0 Å². The van der Waals surface area contributed by atoms with Gasteiger partial charge in [0.05, 0.1) is 6.10 Å². The Labute approximate surface area is 112 Å². The van der Waals surface area contributed by atoms with Gasteiger partial charge >= 0.3 is 0 Å². The van der Waals surface area contributed by atoms with Crippen LogP contribution in [-0.2, 0) is 4.74 Å². The van der Waals surface area contributed by atoms with E-state index in [9.17, 15) is 0 Å². The second kappa shape index (κ2) is 5.48. The van der Waals surface area contributed by atoms with Gasteiger partial charge in [-0.3, -0.25) is 4.90 Å². The third-order valence-corrected chi connectivity index (χ3v) is 5.33. The molecule has 18 heavy (non-hydrogen) atoms. The highest BCUT2D eigenvalue weighted by Gasteiger charge is 2.55. The Hall–Kier alpha value is -0.120. The molecule has 0 aromatic carbocycles. The van der Waals surface area contributed by atoms with E-state index in [0.29, 0.717) is 11.5 Å². The molecule has 3 nitrogen and oxygen atoms in total. The maximum absolute atomic E-state index is 6.13. The van der Waals surface area contributed by atoms with Gasteiger partial charge in [-0.1, -0.05) is 13.8 Å². The zero-order chi connectivity index (χ0) is 13.2. The molecule has 1 aliphatic carbocycles. The molecule has 1 saturated heterocycles. The molecule has 1 aliphatic heterocycles. The lowest BCUT2D eigenvalue weighted by Gasteiger charge is -2.49. The quantitative estimate of drug-likeness (QED) is 0.791. The summed E-state index contributed by atoms with van der Waals surface area (Å²) in [5, 5.41) is 0. The highest BCUT2D eigenvalue weighted by molar-refractivity contribution is 5.10. The third-order valence-electron chi connectivity index (χ3n) is 5.33. The van der Waals surface area contributed by atoms with Crippen molar-refractivity contribution in [2.75, 3.05) is 26.2 Å². The molecule has 106 valence electrons. The van der Waals surface area contributed by atoms with Crippen LogP contribution in [0.15, 0.2) is 0 Å². The van der Waals surface area contributed by atoms with Crippen molar-refractivity contribution in [3.8, 4) is 0 Å². The molecule has 0 radical (unpaired) electrons. The molecular formula is C15H30N2O. The van der Waals surface area contributed by atoms with Gasteiger partial charge in [0.25, 0.3) is 0 Å². The predicted molar refractivity (Wildman–Crippen MR) is 75.6 cm³/mol. The van der Waals surface area contributed by atoms with Crippen LogP contribution in [0.2, 0.25) is 0 Å². The van der Waals surface area contributed by atoms with Gasteiger partial charge in [0.15, 0.2) is 0 Å². The van der Waals surface area contributed by atoms with Crippen LogP contribution in [-0.4, -0.2) is 42.8 Å². The molecule has 2 unspecified atom stereocenters. The fourth-order valence-corrected chi connectivity index (χ4v) is 3.29. The van der Waals surface area contributed by atoms with Crippen LogP contribution in [0.4, 0.5) is 0 Å². The van der Waals surface area contributed by atoms with Crippen molar-refractivity contribution in [3.63, 3.8) is 0 Å². The maximum Gasteiger partial charge on any atom is 0.0702 e. The van der Waals surface area contributed by atoms with E-state index in [1.54, 1.807) is 0 Å². The molecule has 2 N–H and O–H groups in total. The van der Waals surface area contributed by atoms with Crippen molar-refractivity contribution in [1.82, 2.24) is 4.90 Å². The first-order chi connectivity index (χ1) is 8.55. The van der Waals surface area contributed by atoms with Crippen molar-refractivity contribution in [2.24, 2.45) is 11.1 Å². The summed E-state index contributed by atoms with van der Waals surface area (Å²) >= 11 is 0. The molecule has 0 spiro atoms. The number of rotatable bonds is 6. The number of hydrogen-bond acceptors (Lipinski definition) is 3. The summed E-state index contributed by atoms with van der Waals surface area (Å²) in [7, 11) is 0. The summed E-state index contributed by atoms with van der Waals surface area (Å²) in [6, 6.07) is 0. The van der Waals surface area contributed by atoms with Gasteiger partial charge in [0.1, 0.15) is 0 Å². The number of nitrogens with two attached hydrogens (primary N) is 1. The second-order valence-corrected chi connectivity index (χ2v) is 6.62. The molecule has 2 fully saturated rings. The largest absolute Gasteiger partial charge is 0.377 e. The molecule has 0 bridgehead atoms. The Morgan fingerprint density at radius 2 is 2.17 bits per heavy atom. The van der Waals surface area contributed by atoms with E-state index in [2.05, 4.69) is 25.7 Å². The first-order valence-corrected chi connectivity index (χ1v) is 7.62. The summed E-state index contributed by atoms with van der Waals surface area (Å²) < 4.78 is 5.95. The van der Waals surface area contributed by atoms with Crippen molar-refractivity contribution in [3.05, 3.63) is 0 Å². The monoisotopic (exact) mass is 254 g/mol. The summed E-state index contributed by atoms with van der Waals surface area (Å²) in [5.41, 5.74) is 6.73. The number of likely N-dealkylation sites (tertiary alicyclic amines) is 1. The molecule has 1 heterocycles. The minimum Gasteiger partial charge on any atom is -0.377 e. The smallest absolute Gasteiger partial charge is 0.0702 e. The normalized spacial score (nSPS) is 31.0. The SMILES string of the molecule is CCCOC1CCCN(C(C)(CN)C2(C)CC2)C1. The molecule has 0 aromatic rings. The average molecular weight is 254 g/mol. The number of ether oxygens (including phenoxy) is 1. The topological polar surface area (TPSA) is 38.5 Å². The molecule has 0 aromatic heterocycles. The minimum absolute atomic E-state index is 0.168. The standard InChI is InChI=1S/C15H30N2O/c1-4-10-18-13-6-5-9-17(11-13)15(3,12-16)14(2)7-8-14/h13H,4-12,16H2,1-3H3. The lowest BCUT2D eigenvalue weighted by molar-refractivity contribution is -0.0505. The zero-order valence-electron chi connectivity index (χ0n) is 12.4. The van der Waals surface area contributed by atoms with E-state index in [1.807, 2.05) is 0 Å². The first-order valence-electron chi connectivity index (χ1n) is 7.62. The number of piperidine rings is 1. The Bertz CT molecular complexity index is 278.